The lowest BCUT2D eigenvalue weighted by Crippen LogP contribution is -2.30. The van der Waals surface area contributed by atoms with E-state index in [-0.39, 0.29) is 5.54 Å². The average Bonchev–Trinajstić information content (AvgIpc) is 2.63. The predicted octanol–water partition coefficient (Wildman–Crippen LogP) is 2.72. The summed E-state index contributed by atoms with van der Waals surface area (Å²) in [5, 5.41) is 7.57. The normalized spacial score (nSPS) is 11.9. The third kappa shape index (κ3) is 2.32. The second-order valence-corrected chi connectivity index (χ2v) is 4.71. The molecule has 4 nitrogen and oxygen atoms in total. The molecule has 0 saturated heterocycles. The van der Waals surface area contributed by atoms with Crippen molar-refractivity contribution in [2.45, 2.75) is 39.2 Å². The van der Waals surface area contributed by atoms with Gasteiger partial charge in [-0.15, -0.1) is 0 Å². The first-order valence-electron chi connectivity index (χ1n) is 5.69. The monoisotopic (exact) mass is 218 g/mol. The van der Waals surface area contributed by atoms with Crippen molar-refractivity contribution in [1.82, 2.24) is 14.6 Å². The topological polar surface area (TPSA) is 42.2 Å². The number of fused-ring (bicyclic) bond motifs is 1. The zero-order valence-electron chi connectivity index (χ0n) is 10.1. The van der Waals surface area contributed by atoms with Gasteiger partial charge in [0.1, 0.15) is 5.82 Å². The SMILES string of the molecule is CCCC(C)(C)Nc1ccn2nccc2n1. The number of aromatic nitrogens is 3. The Labute approximate surface area is 95.7 Å². The maximum atomic E-state index is 4.49. The van der Waals surface area contributed by atoms with Crippen LogP contribution < -0.4 is 5.32 Å². The van der Waals surface area contributed by atoms with Crippen molar-refractivity contribution >= 4 is 11.5 Å². The Hall–Kier alpha value is -1.58. The van der Waals surface area contributed by atoms with Crippen LogP contribution in [-0.4, -0.2) is 20.1 Å². The maximum Gasteiger partial charge on any atom is 0.157 e. The molecule has 0 amide bonds. The van der Waals surface area contributed by atoms with Gasteiger partial charge in [0.2, 0.25) is 0 Å². The van der Waals surface area contributed by atoms with Crippen LogP contribution in [0.4, 0.5) is 5.82 Å². The third-order valence-electron chi connectivity index (χ3n) is 2.60. The van der Waals surface area contributed by atoms with Crippen molar-refractivity contribution < 1.29 is 0 Å². The van der Waals surface area contributed by atoms with Gasteiger partial charge < -0.3 is 5.32 Å². The summed E-state index contributed by atoms with van der Waals surface area (Å²) >= 11 is 0. The molecular weight excluding hydrogens is 200 g/mol. The highest BCUT2D eigenvalue weighted by Gasteiger charge is 2.16. The van der Waals surface area contributed by atoms with Crippen LogP contribution in [0.5, 0.6) is 0 Å². The molecule has 16 heavy (non-hydrogen) atoms. The van der Waals surface area contributed by atoms with Gasteiger partial charge in [-0.25, -0.2) is 9.50 Å². The fraction of sp³-hybridized carbons (Fsp3) is 0.500. The predicted molar refractivity (Wildman–Crippen MR) is 65.6 cm³/mol. The van der Waals surface area contributed by atoms with Gasteiger partial charge in [0, 0.05) is 17.8 Å². The van der Waals surface area contributed by atoms with Gasteiger partial charge in [-0.1, -0.05) is 13.3 Å². The number of hydrogen-bond donors (Lipinski definition) is 1. The zero-order chi connectivity index (χ0) is 11.6. The second-order valence-electron chi connectivity index (χ2n) is 4.71. The van der Waals surface area contributed by atoms with Crippen LogP contribution in [0.2, 0.25) is 0 Å². The van der Waals surface area contributed by atoms with Gasteiger partial charge in [-0.2, -0.15) is 5.10 Å². The van der Waals surface area contributed by atoms with Crippen molar-refractivity contribution in [3.05, 3.63) is 24.5 Å². The lowest BCUT2D eigenvalue weighted by Gasteiger charge is -2.26. The Morgan fingerprint density at radius 2 is 2.19 bits per heavy atom. The quantitative estimate of drug-likeness (QED) is 0.858. The molecule has 0 fully saturated rings. The highest BCUT2D eigenvalue weighted by molar-refractivity contribution is 5.46. The van der Waals surface area contributed by atoms with E-state index in [4.69, 9.17) is 0 Å². The summed E-state index contributed by atoms with van der Waals surface area (Å²) in [6, 6.07) is 3.86. The molecule has 0 aliphatic heterocycles. The van der Waals surface area contributed by atoms with E-state index in [1.54, 1.807) is 10.7 Å². The minimum atomic E-state index is 0.0834. The molecule has 2 heterocycles. The van der Waals surface area contributed by atoms with E-state index in [0.29, 0.717) is 0 Å². The molecule has 86 valence electrons. The van der Waals surface area contributed by atoms with E-state index in [1.165, 1.54) is 0 Å². The summed E-state index contributed by atoms with van der Waals surface area (Å²) in [7, 11) is 0. The van der Waals surface area contributed by atoms with Crippen LogP contribution in [0, 0.1) is 0 Å². The van der Waals surface area contributed by atoms with Gasteiger partial charge in [0.05, 0.1) is 6.20 Å². The van der Waals surface area contributed by atoms with Gasteiger partial charge >= 0.3 is 0 Å². The molecule has 0 saturated carbocycles. The van der Waals surface area contributed by atoms with E-state index < -0.39 is 0 Å². The molecule has 0 bridgehead atoms. The number of anilines is 1. The summed E-state index contributed by atoms with van der Waals surface area (Å²) in [5.74, 6) is 0.909. The van der Waals surface area contributed by atoms with Gasteiger partial charge in [0.15, 0.2) is 5.65 Å². The van der Waals surface area contributed by atoms with Crippen LogP contribution in [-0.2, 0) is 0 Å². The Morgan fingerprint density at radius 1 is 1.38 bits per heavy atom. The Bertz CT molecular complexity index is 473. The first-order valence-corrected chi connectivity index (χ1v) is 5.69. The molecule has 2 aromatic heterocycles. The van der Waals surface area contributed by atoms with Crippen LogP contribution in [0.15, 0.2) is 24.5 Å². The molecular formula is C12H18N4. The van der Waals surface area contributed by atoms with Crippen molar-refractivity contribution in [2.75, 3.05) is 5.32 Å². The molecule has 4 heteroatoms. The number of rotatable bonds is 4. The molecule has 0 aliphatic rings. The number of nitrogens with zero attached hydrogens (tertiary/aromatic N) is 3. The summed E-state index contributed by atoms with van der Waals surface area (Å²) < 4.78 is 1.76. The highest BCUT2D eigenvalue weighted by atomic mass is 15.2. The van der Waals surface area contributed by atoms with Gasteiger partial charge in [0.25, 0.3) is 0 Å². The second kappa shape index (κ2) is 4.12. The summed E-state index contributed by atoms with van der Waals surface area (Å²) in [6.45, 7) is 6.58. The molecule has 2 rings (SSSR count). The molecule has 2 aromatic rings. The lowest BCUT2D eigenvalue weighted by atomic mass is 9.99. The Morgan fingerprint density at radius 3 is 2.94 bits per heavy atom. The fourth-order valence-corrected chi connectivity index (χ4v) is 1.92. The minimum Gasteiger partial charge on any atom is -0.365 e. The molecule has 0 atom stereocenters. The van der Waals surface area contributed by atoms with Crippen molar-refractivity contribution in [1.29, 1.82) is 0 Å². The van der Waals surface area contributed by atoms with Crippen LogP contribution in [0.1, 0.15) is 33.6 Å². The fourth-order valence-electron chi connectivity index (χ4n) is 1.92. The third-order valence-corrected chi connectivity index (χ3v) is 2.60. The van der Waals surface area contributed by atoms with Crippen molar-refractivity contribution in [2.24, 2.45) is 0 Å². The van der Waals surface area contributed by atoms with Crippen molar-refractivity contribution in [3.8, 4) is 0 Å². The largest absolute Gasteiger partial charge is 0.365 e. The van der Waals surface area contributed by atoms with E-state index in [1.807, 2.05) is 18.3 Å². The maximum absolute atomic E-state index is 4.49. The molecule has 0 unspecified atom stereocenters. The average molecular weight is 218 g/mol. The smallest absolute Gasteiger partial charge is 0.157 e. The summed E-state index contributed by atoms with van der Waals surface area (Å²) in [6.07, 6.45) is 5.96. The molecule has 0 radical (unpaired) electrons. The molecule has 1 N–H and O–H groups in total. The van der Waals surface area contributed by atoms with Crippen LogP contribution in [0.25, 0.3) is 5.65 Å². The highest BCUT2D eigenvalue weighted by Crippen LogP contribution is 2.18. The molecule has 0 spiro atoms. The van der Waals surface area contributed by atoms with E-state index in [2.05, 4.69) is 36.2 Å². The van der Waals surface area contributed by atoms with Crippen molar-refractivity contribution in [3.63, 3.8) is 0 Å². The van der Waals surface area contributed by atoms with E-state index >= 15 is 0 Å². The van der Waals surface area contributed by atoms with Crippen LogP contribution in [0.3, 0.4) is 0 Å². The standard InChI is InChI=1S/C12H18N4/c1-4-7-12(2,3)15-10-6-9-16-11(14-10)5-8-13-16/h5-6,8-9H,4,7H2,1-3H3,(H,14,15). The zero-order valence-corrected chi connectivity index (χ0v) is 10.1. The molecule has 0 aromatic carbocycles. The first-order chi connectivity index (χ1) is 7.61. The minimum absolute atomic E-state index is 0.0834. The lowest BCUT2D eigenvalue weighted by molar-refractivity contribution is 0.509. The Balaban J connectivity index is 2.20. The summed E-state index contributed by atoms with van der Waals surface area (Å²) in [4.78, 5) is 4.49. The molecule has 0 aliphatic carbocycles. The van der Waals surface area contributed by atoms with E-state index in [9.17, 15) is 0 Å². The van der Waals surface area contributed by atoms with Crippen LogP contribution >= 0.6 is 0 Å². The Kier molecular flexibility index (Phi) is 2.81. The van der Waals surface area contributed by atoms with E-state index in [0.717, 1.165) is 24.3 Å². The van der Waals surface area contributed by atoms with Gasteiger partial charge in [-0.3, -0.25) is 0 Å². The summed E-state index contributed by atoms with van der Waals surface area (Å²) in [5.41, 5.74) is 0.956. The first kappa shape index (κ1) is 10.9. The van der Waals surface area contributed by atoms with Gasteiger partial charge in [-0.05, 0) is 26.3 Å². The number of nitrogens with one attached hydrogen (secondary N) is 1. The number of hydrogen-bond acceptors (Lipinski definition) is 3.